The largest absolute Gasteiger partial charge is 0.390 e. The number of nitrogens with two attached hydrogens (primary N) is 2. The number of hydrogen-bond acceptors (Lipinski definition) is 5. The van der Waals surface area contributed by atoms with Crippen molar-refractivity contribution in [2.24, 2.45) is 5.73 Å². The van der Waals surface area contributed by atoms with Crippen LogP contribution in [0.15, 0.2) is 11.6 Å². The number of amides is 3. The van der Waals surface area contributed by atoms with Gasteiger partial charge in [-0.2, -0.15) is 0 Å². The minimum Gasteiger partial charge on any atom is -0.390 e. The Morgan fingerprint density at radius 2 is 2.08 bits per heavy atom. The molecule has 1 saturated heterocycles. The third-order valence-corrected chi connectivity index (χ3v) is 4.34. The van der Waals surface area contributed by atoms with Crippen molar-refractivity contribution >= 4 is 17.7 Å². The molecule has 1 heterocycles. The van der Waals surface area contributed by atoms with Crippen LogP contribution in [0.1, 0.15) is 25.7 Å². The predicted octanol–water partition coefficient (Wildman–Crippen LogP) is -3.76. The van der Waals surface area contributed by atoms with Crippen LogP contribution in [0.3, 0.4) is 0 Å². The molecule has 0 saturated carbocycles. The highest BCUT2D eigenvalue weighted by Crippen LogP contribution is 2.20. The molecule has 0 aromatic rings. The number of carbonyl (C=O) groups is 3. The average Bonchev–Trinajstić information content (AvgIpc) is 3.05. The molecule has 0 spiro atoms. The zero-order valence-corrected chi connectivity index (χ0v) is 13.4. The number of carbonyl (C=O) groups excluding carboxylic acids is 3. The van der Waals surface area contributed by atoms with Gasteiger partial charge in [0.05, 0.1) is 18.7 Å². The fourth-order valence-corrected chi connectivity index (χ4v) is 2.96. The molecule has 2 aliphatic rings. The van der Waals surface area contributed by atoms with E-state index in [9.17, 15) is 24.6 Å². The second kappa shape index (κ2) is 8.22. The van der Waals surface area contributed by atoms with Crippen LogP contribution in [0.25, 0.3) is 0 Å². The Labute approximate surface area is 139 Å². The number of primary amides is 1. The Bertz CT molecular complexity index is 530. The molecule has 9 heteroatoms. The third-order valence-electron chi connectivity index (χ3n) is 4.34. The van der Waals surface area contributed by atoms with Crippen molar-refractivity contribution in [3.05, 3.63) is 11.6 Å². The van der Waals surface area contributed by atoms with Gasteiger partial charge >= 0.3 is 0 Å². The molecule has 0 bridgehead atoms. The van der Waals surface area contributed by atoms with E-state index in [4.69, 9.17) is 5.73 Å². The summed E-state index contributed by atoms with van der Waals surface area (Å²) < 4.78 is 0. The molecule has 1 aliphatic carbocycles. The Morgan fingerprint density at radius 1 is 1.33 bits per heavy atom. The molecular weight excluding hydrogens is 316 g/mol. The number of nitrogens with one attached hydrogen (secondary N) is 2. The van der Waals surface area contributed by atoms with Gasteiger partial charge in [0.1, 0.15) is 6.10 Å². The van der Waals surface area contributed by atoms with Crippen LogP contribution in [-0.2, 0) is 14.4 Å². The SMILES string of the molecule is NC(=O)CCNC(=O)C1=C[C@@H](NC(=O)[C@H]2CCC[NH2+]2)[C@@H](O)[C@H](O)C1. The lowest BCUT2D eigenvalue weighted by Crippen LogP contribution is -2.89. The Kier molecular flexibility index (Phi) is 6.29. The Hall–Kier alpha value is -1.97. The van der Waals surface area contributed by atoms with Gasteiger partial charge < -0.3 is 31.9 Å². The van der Waals surface area contributed by atoms with Gasteiger partial charge in [-0.15, -0.1) is 0 Å². The van der Waals surface area contributed by atoms with Crippen LogP contribution in [-0.4, -0.2) is 65.3 Å². The zero-order chi connectivity index (χ0) is 17.7. The van der Waals surface area contributed by atoms with Crippen LogP contribution >= 0.6 is 0 Å². The third kappa shape index (κ3) is 4.76. The lowest BCUT2D eigenvalue weighted by atomic mass is 9.89. The van der Waals surface area contributed by atoms with Crippen molar-refractivity contribution in [2.75, 3.05) is 13.1 Å². The molecule has 0 aromatic heterocycles. The highest BCUT2D eigenvalue weighted by atomic mass is 16.3. The summed E-state index contributed by atoms with van der Waals surface area (Å²) in [5, 5.41) is 27.2. The molecule has 134 valence electrons. The van der Waals surface area contributed by atoms with E-state index in [0.29, 0.717) is 0 Å². The van der Waals surface area contributed by atoms with E-state index >= 15 is 0 Å². The smallest absolute Gasteiger partial charge is 0.278 e. The lowest BCUT2D eigenvalue weighted by molar-refractivity contribution is -0.657. The van der Waals surface area contributed by atoms with Crippen LogP contribution in [0, 0.1) is 0 Å². The maximum Gasteiger partial charge on any atom is 0.278 e. The molecule has 0 radical (unpaired) electrons. The van der Waals surface area contributed by atoms with Crippen LogP contribution in [0.5, 0.6) is 0 Å². The minimum atomic E-state index is -1.17. The quantitative estimate of drug-likeness (QED) is 0.292. The van der Waals surface area contributed by atoms with Crippen LogP contribution < -0.4 is 21.7 Å². The zero-order valence-electron chi connectivity index (χ0n) is 13.4. The average molecular weight is 341 g/mol. The van der Waals surface area contributed by atoms with E-state index < -0.39 is 30.1 Å². The van der Waals surface area contributed by atoms with Gasteiger partial charge in [0, 0.05) is 37.8 Å². The maximum atomic E-state index is 12.2. The second-order valence-corrected chi connectivity index (χ2v) is 6.23. The first-order valence-electron chi connectivity index (χ1n) is 8.15. The molecule has 24 heavy (non-hydrogen) atoms. The molecular formula is C15H25N4O5+. The van der Waals surface area contributed by atoms with Gasteiger partial charge in [-0.05, 0) is 0 Å². The summed E-state index contributed by atoms with van der Waals surface area (Å²) in [5.74, 6) is -1.19. The van der Waals surface area contributed by atoms with E-state index in [1.807, 2.05) is 5.32 Å². The normalized spacial score (nSPS) is 29.7. The van der Waals surface area contributed by atoms with Crippen molar-refractivity contribution in [1.82, 2.24) is 10.6 Å². The summed E-state index contributed by atoms with van der Waals surface area (Å²) in [6, 6.07) is -1.02. The topological polar surface area (TPSA) is 158 Å². The van der Waals surface area contributed by atoms with E-state index in [0.717, 1.165) is 19.4 Å². The molecule has 0 aromatic carbocycles. The number of quaternary nitrogens is 1. The van der Waals surface area contributed by atoms with Crippen molar-refractivity contribution in [1.29, 1.82) is 0 Å². The first-order valence-corrected chi connectivity index (χ1v) is 8.15. The highest BCUT2D eigenvalue weighted by molar-refractivity contribution is 5.94. The fraction of sp³-hybridized carbons (Fsp3) is 0.667. The summed E-state index contributed by atoms with van der Waals surface area (Å²) in [6.45, 7) is 0.982. The molecule has 8 N–H and O–H groups in total. The first kappa shape index (κ1) is 18.4. The number of aliphatic hydroxyl groups is 2. The molecule has 1 aliphatic heterocycles. The number of aliphatic hydroxyl groups excluding tert-OH is 2. The Morgan fingerprint density at radius 3 is 2.71 bits per heavy atom. The summed E-state index contributed by atoms with van der Waals surface area (Å²) in [6.07, 6.45) is 0.859. The number of rotatable bonds is 6. The molecule has 3 amide bonds. The molecule has 4 atom stereocenters. The van der Waals surface area contributed by atoms with Gasteiger partial charge in [-0.25, -0.2) is 0 Å². The first-order chi connectivity index (χ1) is 11.4. The minimum absolute atomic E-state index is 0.0158. The van der Waals surface area contributed by atoms with Crippen molar-refractivity contribution in [3.63, 3.8) is 0 Å². The second-order valence-electron chi connectivity index (χ2n) is 6.23. The summed E-state index contributed by atoms with van der Waals surface area (Å²) in [5.41, 5.74) is 5.27. The van der Waals surface area contributed by atoms with Crippen molar-refractivity contribution in [2.45, 2.75) is 50.0 Å². The highest BCUT2D eigenvalue weighted by Gasteiger charge is 2.36. The summed E-state index contributed by atoms with van der Waals surface area (Å²) >= 11 is 0. The van der Waals surface area contributed by atoms with Crippen molar-refractivity contribution in [3.8, 4) is 0 Å². The van der Waals surface area contributed by atoms with Crippen LogP contribution in [0.4, 0.5) is 0 Å². The van der Waals surface area contributed by atoms with Gasteiger partial charge in [0.15, 0.2) is 6.04 Å². The maximum absolute atomic E-state index is 12.2. The van der Waals surface area contributed by atoms with E-state index in [1.54, 1.807) is 0 Å². The monoisotopic (exact) mass is 341 g/mol. The lowest BCUT2D eigenvalue weighted by Gasteiger charge is -2.31. The van der Waals surface area contributed by atoms with Crippen molar-refractivity contribution < 1.29 is 29.9 Å². The summed E-state index contributed by atoms with van der Waals surface area (Å²) in [4.78, 5) is 34.9. The predicted molar refractivity (Wildman–Crippen MR) is 83.3 cm³/mol. The molecule has 1 fully saturated rings. The number of hydrogen-bond donors (Lipinski definition) is 6. The molecule has 2 rings (SSSR count). The van der Waals surface area contributed by atoms with Gasteiger partial charge in [-0.3, -0.25) is 14.4 Å². The van der Waals surface area contributed by atoms with Gasteiger partial charge in [0.25, 0.3) is 5.91 Å². The van der Waals surface area contributed by atoms with E-state index in [1.165, 1.54) is 6.08 Å². The summed E-state index contributed by atoms with van der Waals surface area (Å²) in [7, 11) is 0. The van der Waals surface area contributed by atoms with Gasteiger partial charge in [-0.1, -0.05) is 6.08 Å². The Balaban J connectivity index is 1.98. The van der Waals surface area contributed by atoms with E-state index in [2.05, 4.69) is 10.6 Å². The molecule has 9 nitrogen and oxygen atoms in total. The molecule has 0 unspecified atom stereocenters. The van der Waals surface area contributed by atoms with Gasteiger partial charge in [0.2, 0.25) is 11.8 Å². The standard InChI is InChI=1S/C15H24N4O5/c16-12(21)3-5-18-14(23)8-6-10(13(22)11(20)7-8)19-15(24)9-2-1-4-17-9/h6,9-11,13,17,20,22H,1-5,7H2,(H2,16,21)(H,18,23)(H,19,24)/p+1/t9-,10-,11-,13-/m1/s1. The fourth-order valence-electron chi connectivity index (χ4n) is 2.96. The van der Waals surface area contributed by atoms with Crippen LogP contribution in [0.2, 0.25) is 0 Å². The van der Waals surface area contributed by atoms with E-state index in [-0.39, 0.29) is 36.9 Å².